The molecule has 1 amide bonds. The Balaban J connectivity index is 1.92. The molecule has 0 spiro atoms. The van der Waals surface area contributed by atoms with E-state index < -0.39 is 18.8 Å². The van der Waals surface area contributed by atoms with Crippen molar-refractivity contribution in [1.82, 2.24) is 10.3 Å². The van der Waals surface area contributed by atoms with Crippen molar-refractivity contribution in [2.45, 2.75) is 51.7 Å². The highest BCUT2D eigenvalue weighted by atomic mass is 35.5. The molecule has 1 atom stereocenters. The highest BCUT2D eigenvalue weighted by Gasteiger charge is 2.25. The average Bonchev–Trinajstić information content (AvgIpc) is 2.83. The van der Waals surface area contributed by atoms with Gasteiger partial charge in [-0.3, -0.25) is 0 Å². The van der Waals surface area contributed by atoms with Crippen LogP contribution in [0.25, 0.3) is 10.8 Å². The summed E-state index contributed by atoms with van der Waals surface area (Å²) in [7, 11) is -2.41. The van der Waals surface area contributed by atoms with Gasteiger partial charge in [0.15, 0.2) is 0 Å². The lowest BCUT2D eigenvalue weighted by Crippen LogP contribution is -2.45. The van der Waals surface area contributed by atoms with Gasteiger partial charge in [0.05, 0.1) is 0 Å². The minimum absolute atomic E-state index is 0.0511. The lowest BCUT2D eigenvalue weighted by atomic mass is 10.1. The molecule has 6 nitrogen and oxygen atoms in total. The van der Waals surface area contributed by atoms with Gasteiger partial charge >= 0.3 is 6.09 Å². The third-order valence-corrected chi connectivity index (χ3v) is 6.79. The van der Waals surface area contributed by atoms with E-state index in [9.17, 15) is 9.36 Å². The van der Waals surface area contributed by atoms with Crippen LogP contribution in [0.3, 0.4) is 0 Å². The molecule has 1 saturated heterocycles. The number of alkyl carbamates (subject to hydrolysis) is 1. The molecule has 164 valence electrons. The molecular formula is C22H31ClN3O3P. The molecule has 3 rings (SSSR count). The van der Waals surface area contributed by atoms with Gasteiger partial charge in [0.2, 0.25) is 0 Å². The third-order valence-electron chi connectivity index (χ3n) is 5.08. The summed E-state index contributed by atoms with van der Waals surface area (Å²) in [6, 6.07) is 7.60. The van der Waals surface area contributed by atoms with Gasteiger partial charge in [-0.1, -0.05) is 23.7 Å². The molecule has 1 N–H and O–H groups in total. The maximum absolute atomic E-state index is 12.6. The van der Waals surface area contributed by atoms with Crippen molar-refractivity contribution in [2.75, 3.05) is 31.3 Å². The number of nitrogens with zero attached hydrogens (tertiary/aromatic N) is 2. The lowest BCUT2D eigenvalue weighted by Gasteiger charge is -2.28. The summed E-state index contributed by atoms with van der Waals surface area (Å²) in [6.07, 6.45) is 2.46. The van der Waals surface area contributed by atoms with Crippen molar-refractivity contribution in [1.29, 1.82) is 0 Å². The minimum atomic E-state index is -2.41. The first-order valence-electron chi connectivity index (χ1n) is 10.3. The number of carbonyl (C=O) groups is 1. The standard InChI is InChI=1S/C22H31ClN3O3P/c1-22(2,3)29-21(27)24-16-8-6-7-11-26(14-16)20-18-13-17(30(4,5)28)10-9-15(18)12-19(23)25-20/h9-10,12-13,16H,6-8,11,14H2,1-5H3,(H,24,27)/t16-/m0/s1. The normalized spacial score (nSPS) is 18.2. The van der Waals surface area contributed by atoms with Crippen LogP contribution < -0.4 is 15.5 Å². The first-order valence-corrected chi connectivity index (χ1v) is 13.3. The van der Waals surface area contributed by atoms with E-state index in [1.165, 1.54) is 0 Å². The van der Waals surface area contributed by atoms with Crippen LogP contribution >= 0.6 is 18.7 Å². The Morgan fingerprint density at radius 2 is 2.00 bits per heavy atom. The van der Waals surface area contributed by atoms with E-state index in [-0.39, 0.29) is 6.04 Å². The molecule has 1 fully saturated rings. The topological polar surface area (TPSA) is 71.5 Å². The number of ether oxygens (including phenoxy) is 1. The number of fused-ring (bicyclic) bond motifs is 1. The fourth-order valence-electron chi connectivity index (χ4n) is 3.69. The van der Waals surface area contributed by atoms with Crippen molar-refractivity contribution in [2.24, 2.45) is 0 Å². The van der Waals surface area contributed by atoms with Gasteiger partial charge in [-0.2, -0.15) is 0 Å². The van der Waals surface area contributed by atoms with Gasteiger partial charge in [0, 0.05) is 29.8 Å². The molecule has 0 saturated carbocycles. The number of rotatable bonds is 3. The second kappa shape index (κ2) is 8.76. The Morgan fingerprint density at radius 1 is 1.27 bits per heavy atom. The van der Waals surface area contributed by atoms with Gasteiger partial charge in [-0.15, -0.1) is 0 Å². The average molecular weight is 452 g/mol. The summed E-state index contributed by atoms with van der Waals surface area (Å²) >= 11 is 6.32. The Morgan fingerprint density at radius 3 is 2.67 bits per heavy atom. The SMILES string of the molecule is CC(C)(C)OC(=O)N[C@H]1CCCCN(c2nc(Cl)cc3ccc(P(C)(C)=O)cc23)C1. The monoisotopic (exact) mass is 451 g/mol. The highest BCUT2D eigenvalue weighted by Crippen LogP contribution is 2.37. The van der Waals surface area contributed by atoms with Crippen molar-refractivity contribution < 1.29 is 14.1 Å². The summed E-state index contributed by atoms with van der Waals surface area (Å²) < 4.78 is 18.1. The van der Waals surface area contributed by atoms with Crippen LogP contribution in [0.5, 0.6) is 0 Å². The molecule has 2 aromatic rings. The number of halogens is 1. The molecule has 1 aromatic heterocycles. The molecule has 0 unspecified atom stereocenters. The first kappa shape index (κ1) is 22.9. The zero-order chi connectivity index (χ0) is 22.1. The van der Waals surface area contributed by atoms with Gasteiger partial charge in [0.25, 0.3) is 0 Å². The fraction of sp³-hybridized carbons (Fsp3) is 0.545. The highest BCUT2D eigenvalue weighted by molar-refractivity contribution is 7.70. The van der Waals surface area contributed by atoms with Crippen LogP contribution in [0.15, 0.2) is 24.3 Å². The summed E-state index contributed by atoms with van der Waals surface area (Å²) in [5.74, 6) is 0.769. The number of benzene rings is 1. The second-order valence-corrected chi connectivity index (χ2v) is 12.9. The van der Waals surface area contributed by atoms with Gasteiger partial charge in [0.1, 0.15) is 23.7 Å². The van der Waals surface area contributed by atoms with Crippen molar-refractivity contribution in [3.63, 3.8) is 0 Å². The summed E-state index contributed by atoms with van der Waals surface area (Å²) in [5.41, 5.74) is -0.538. The van der Waals surface area contributed by atoms with Crippen molar-refractivity contribution in [3.8, 4) is 0 Å². The van der Waals surface area contributed by atoms with E-state index >= 15 is 0 Å². The van der Waals surface area contributed by atoms with Crippen LogP contribution in [0, 0.1) is 0 Å². The Hall–Kier alpha value is -1.78. The molecule has 30 heavy (non-hydrogen) atoms. The zero-order valence-electron chi connectivity index (χ0n) is 18.4. The summed E-state index contributed by atoms with van der Waals surface area (Å²) in [5, 5.41) is 6.13. The van der Waals surface area contributed by atoms with Crippen molar-refractivity contribution >= 4 is 46.7 Å². The van der Waals surface area contributed by atoms with Crippen LogP contribution in [-0.4, -0.2) is 49.1 Å². The molecule has 8 heteroatoms. The van der Waals surface area contributed by atoms with Crippen LogP contribution in [-0.2, 0) is 9.30 Å². The van der Waals surface area contributed by atoms with Gasteiger partial charge in [-0.25, -0.2) is 9.78 Å². The van der Waals surface area contributed by atoms with E-state index in [2.05, 4.69) is 15.2 Å². The third kappa shape index (κ3) is 5.89. The smallest absolute Gasteiger partial charge is 0.407 e. The van der Waals surface area contributed by atoms with E-state index in [1.54, 1.807) is 13.3 Å². The first-order chi connectivity index (χ1) is 13.9. The molecule has 1 aliphatic heterocycles. The number of aromatic nitrogens is 1. The summed E-state index contributed by atoms with van der Waals surface area (Å²) in [6.45, 7) is 10.5. The maximum Gasteiger partial charge on any atom is 0.407 e. The Labute approximate surface area is 183 Å². The van der Waals surface area contributed by atoms with Crippen LogP contribution in [0.4, 0.5) is 10.6 Å². The maximum atomic E-state index is 12.6. The number of hydrogen-bond donors (Lipinski definition) is 1. The second-order valence-electron chi connectivity index (χ2n) is 9.31. The number of carbonyl (C=O) groups excluding carboxylic acids is 1. The molecule has 0 aliphatic carbocycles. The van der Waals surface area contributed by atoms with Crippen LogP contribution in [0.2, 0.25) is 5.15 Å². The predicted molar refractivity (Wildman–Crippen MR) is 125 cm³/mol. The quantitative estimate of drug-likeness (QED) is 0.524. The molecular weight excluding hydrogens is 421 g/mol. The molecule has 0 bridgehead atoms. The number of hydrogen-bond acceptors (Lipinski definition) is 5. The Kier molecular flexibility index (Phi) is 6.69. The van der Waals surface area contributed by atoms with Crippen molar-refractivity contribution in [3.05, 3.63) is 29.4 Å². The molecule has 0 radical (unpaired) electrons. The summed E-state index contributed by atoms with van der Waals surface area (Å²) in [4.78, 5) is 19.1. The molecule has 2 heterocycles. The van der Waals surface area contributed by atoms with E-state index in [0.717, 1.165) is 47.7 Å². The van der Waals surface area contributed by atoms with E-state index in [4.69, 9.17) is 16.3 Å². The number of nitrogens with one attached hydrogen (secondary N) is 1. The lowest BCUT2D eigenvalue weighted by molar-refractivity contribution is 0.0504. The number of anilines is 1. The Bertz CT molecular complexity index is 983. The van der Waals surface area contributed by atoms with Gasteiger partial charge < -0.3 is 19.5 Å². The fourth-order valence-corrected chi connectivity index (χ4v) is 4.76. The van der Waals surface area contributed by atoms with Crippen LogP contribution in [0.1, 0.15) is 40.0 Å². The predicted octanol–water partition coefficient (Wildman–Crippen LogP) is 5.02. The minimum Gasteiger partial charge on any atom is -0.444 e. The number of amides is 1. The van der Waals surface area contributed by atoms with Gasteiger partial charge in [-0.05, 0) is 70.9 Å². The molecule has 1 aliphatic rings. The largest absolute Gasteiger partial charge is 0.444 e. The van der Waals surface area contributed by atoms with E-state index in [1.807, 2.05) is 45.0 Å². The zero-order valence-corrected chi connectivity index (χ0v) is 20.0. The van der Waals surface area contributed by atoms with E-state index in [0.29, 0.717) is 11.7 Å². The molecule has 1 aromatic carbocycles. The number of pyridine rings is 1.